The van der Waals surface area contributed by atoms with Gasteiger partial charge in [0.15, 0.2) is 0 Å². The Morgan fingerprint density at radius 1 is 1.07 bits per heavy atom. The summed E-state index contributed by atoms with van der Waals surface area (Å²) in [7, 11) is 0. The van der Waals surface area contributed by atoms with E-state index in [4.69, 9.17) is 15.3 Å². The molecule has 14 heavy (non-hydrogen) atoms. The Balaban J connectivity index is 4.19. The molecule has 0 heterocycles. The summed E-state index contributed by atoms with van der Waals surface area (Å²) < 4.78 is 0. The maximum atomic E-state index is 11.5. The fraction of sp³-hybridized carbons (Fsp3) is 0.667. The third kappa shape index (κ3) is 4.36. The van der Waals surface area contributed by atoms with Crippen molar-refractivity contribution in [2.45, 2.75) is 6.42 Å². The lowest BCUT2D eigenvalue weighted by Gasteiger charge is -2.21. The highest BCUT2D eigenvalue weighted by molar-refractivity contribution is 5.92. The number of aliphatic hydroxyl groups is 3. The first-order valence-electron chi connectivity index (χ1n) is 4.47. The monoisotopic (exact) mass is 203 g/mol. The van der Waals surface area contributed by atoms with Gasteiger partial charge in [-0.2, -0.15) is 0 Å². The van der Waals surface area contributed by atoms with Crippen molar-refractivity contribution in [3.8, 4) is 0 Å². The molecule has 0 aromatic carbocycles. The van der Waals surface area contributed by atoms with E-state index in [0.29, 0.717) is 0 Å². The first kappa shape index (κ1) is 13.1. The van der Waals surface area contributed by atoms with Crippen LogP contribution in [-0.4, -0.2) is 59.0 Å². The molecule has 0 aromatic rings. The molecule has 0 bridgehead atoms. The van der Waals surface area contributed by atoms with Gasteiger partial charge in [0.1, 0.15) is 0 Å². The van der Waals surface area contributed by atoms with E-state index in [1.54, 1.807) is 0 Å². The van der Waals surface area contributed by atoms with Crippen molar-refractivity contribution in [1.29, 1.82) is 0 Å². The summed E-state index contributed by atoms with van der Waals surface area (Å²) in [5, 5.41) is 25.9. The van der Waals surface area contributed by atoms with Gasteiger partial charge < -0.3 is 20.2 Å². The van der Waals surface area contributed by atoms with Gasteiger partial charge in [-0.3, -0.25) is 4.79 Å². The van der Waals surface area contributed by atoms with Gasteiger partial charge in [0, 0.05) is 31.7 Å². The van der Waals surface area contributed by atoms with Crippen molar-refractivity contribution in [2.75, 3.05) is 32.9 Å². The zero-order valence-electron chi connectivity index (χ0n) is 8.15. The highest BCUT2D eigenvalue weighted by Gasteiger charge is 2.14. The fourth-order valence-corrected chi connectivity index (χ4v) is 1.02. The average Bonchev–Trinajstić information content (AvgIpc) is 2.17. The first-order chi connectivity index (χ1) is 6.67. The first-order valence-corrected chi connectivity index (χ1v) is 4.47. The second kappa shape index (κ2) is 7.49. The van der Waals surface area contributed by atoms with Gasteiger partial charge in [-0.05, 0) is 0 Å². The SMILES string of the molecule is C=C(CCO)C(=O)N(CCO)CCO. The number of nitrogens with zero attached hydrogens (tertiary/aromatic N) is 1. The van der Waals surface area contributed by atoms with E-state index in [-0.39, 0.29) is 50.8 Å². The predicted molar refractivity (Wildman–Crippen MR) is 51.6 cm³/mol. The number of amides is 1. The Morgan fingerprint density at radius 2 is 1.57 bits per heavy atom. The van der Waals surface area contributed by atoms with E-state index in [1.165, 1.54) is 4.90 Å². The summed E-state index contributed by atoms with van der Waals surface area (Å²) >= 11 is 0. The van der Waals surface area contributed by atoms with Crippen LogP contribution in [0.5, 0.6) is 0 Å². The highest BCUT2D eigenvalue weighted by atomic mass is 16.3. The minimum atomic E-state index is -0.331. The Kier molecular flexibility index (Phi) is 7.00. The molecule has 5 heteroatoms. The molecule has 82 valence electrons. The van der Waals surface area contributed by atoms with Crippen molar-refractivity contribution < 1.29 is 20.1 Å². The van der Waals surface area contributed by atoms with Crippen LogP contribution in [0.3, 0.4) is 0 Å². The third-order valence-corrected chi connectivity index (χ3v) is 1.74. The van der Waals surface area contributed by atoms with Crippen LogP contribution < -0.4 is 0 Å². The summed E-state index contributed by atoms with van der Waals surface area (Å²) in [6, 6.07) is 0. The van der Waals surface area contributed by atoms with Crippen LogP contribution in [0, 0.1) is 0 Å². The standard InChI is InChI=1S/C9H17NO4/c1-8(2-5-11)9(14)10(3-6-12)4-7-13/h11-13H,1-7H2. The highest BCUT2D eigenvalue weighted by Crippen LogP contribution is 2.03. The summed E-state index contributed by atoms with van der Waals surface area (Å²) in [6.45, 7) is 3.42. The van der Waals surface area contributed by atoms with Crippen molar-refractivity contribution >= 4 is 5.91 Å². The van der Waals surface area contributed by atoms with E-state index in [9.17, 15) is 4.79 Å². The van der Waals surface area contributed by atoms with Crippen LogP contribution in [0.4, 0.5) is 0 Å². The molecule has 1 amide bonds. The quantitative estimate of drug-likeness (QED) is 0.451. The van der Waals surface area contributed by atoms with Crippen LogP contribution in [0.15, 0.2) is 12.2 Å². The van der Waals surface area contributed by atoms with Crippen LogP contribution >= 0.6 is 0 Å². The normalized spacial score (nSPS) is 9.93. The largest absolute Gasteiger partial charge is 0.396 e. The Bertz CT molecular complexity index is 187. The summed E-state index contributed by atoms with van der Waals surface area (Å²) in [5.41, 5.74) is 0.286. The summed E-state index contributed by atoms with van der Waals surface area (Å²) in [6.07, 6.45) is 0.214. The lowest BCUT2D eigenvalue weighted by molar-refractivity contribution is -0.128. The van der Waals surface area contributed by atoms with Crippen LogP contribution in [-0.2, 0) is 4.79 Å². The minimum Gasteiger partial charge on any atom is -0.396 e. The molecule has 5 nitrogen and oxygen atoms in total. The topological polar surface area (TPSA) is 81.0 Å². The van der Waals surface area contributed by atoms with Crippen molar-refractivity contribution in [1.82, 2.24) is 4.90 Å². The number of carbonyl (C=O) groups excluding carboxylic acids is 1. The van der Waals surface area contributed by atoms with Gasteiger partial charge in [0.05, 0.1) is 13.2 Å². The van der Waals surface area contributed by atoms with E-state index in [0.717, 1.165) is 0 Å². The van der Waals surface area contributed by atoms with E-state index in [1.807, 2.05) is 0 Å². The fourth-order valence-electron chi connectivity index (χ4n) is 1.02. The average molecular weight is 203 g/mol. The molecule has 0 atom stereocenters. The van der Waals surface area contributed by atoms with Gasteiger partial charge in [0.25, 0.3) is 0 Å². The number of rotatable bonds is 7. The van der Waals surface area contributed by atoms with Crippen molar-refractivity contribution in [3.05, 3.63) is 12.2 Å². The predicted octanol–water partition coefficient (Wildman–Crippen LogP) is -1.26. The van der Waals surface area contributed by atoms with Crippen LogP contribution in [0.25, 0.3) is 0 Å². The van der Waals surface area contributed by atoms with Crippen molar-refractivity contribution in [3.63, 3.8) is 0 Å². The zero-order valence-corrected chi connectivity index (χ0v) is 8.15. The van der Waals surface area contributed by atoms with E-state index >= 15 is 0 Å². The molecule has 0 aliphatic heterocycles. The number of carbonyl (C=O) groups is 1. The number of aliphatic hydroxyl groups excluding tert-OH is 3. The second-order valence-electron chi connectivity index (χ2n) is 2.82. The lowest BCUT2D eigenvalue weighted by Crippen LogP contribution is -2.36. The molecule has 0 rings (SSSR count). The summed E-state index contributed by atoms with van der Waals surface area (Å²) in [4.78, 5) is 12.8. The molecule has 0 fully saturated rings. The Morgan fingerprint density at radius 3 is 1.93 bits per heavy atom. The number of hydrogen-bond donors (Lipinski definition) is 3. The molecule has 3 N–H and O–H groups in total. The van der Waals surface area contributed by atoms with Crippen LogP contribution in [0.2, 0.25) is 0 Å². The molecule has 0 saturated carbocycles. The smallest absolute Gasteiger partial charge is 0.249 e. The van der Waals surface area contributed by atoms with Crippen molar-refractivity contribution in [2.24, 2.45) is 0 Å². The van der Waals surface area contributed by atoms with Gasteiger partial charge in [-0.1, -0.05) is 6.58 Å². The van der Waals surface area contributed by atoms with Gasteiger partial charge >= 0.3 is 0 Å². The summed E-state index contributed by atoms with van der Waals surface area (Å²) in [5.74, 6) is -0.331. The molecule has 0 aromatic heterocycles. The Labute approximate surface area is 83.3 Å². The molecule has 0 aliphatic carbocycles. The second-order valence-corrected chi connectivity index (χ2v) is 2.82. The van der Waals surface area contributed by atoms with Gasteiger partial charge in [0.2, 0.25) is 5.91 Å². The lowest BCUT2D eigenvalue weighted by atomic mass is 10.2. The Hall–Kier alpha value is -0.910. The van der Waals surface area contributed by atoms with Gasteiger partial charge in [-0.15, -0.1) is 0 Å². The maximum Gasteiger partial charge on any atom is 0.249 e. The zero-order chi connectivity index (χ0) is 11.0. The molecule has 0 unspecified atom stereocenters. The molecule has 0 spiro atoms. The maximum absolute atomic E-state index is 11.5. The van der Waals surface area contributed by atoms with E-state index in [2.05, 4.69) is 6.58 Å². The number of hydrogen-bond acceptors (Lipinski definition) is 4. The third-order valence-electron chi connectivity index (χ3n) is 1.74. The van der Waals surface area contributed by atoms with Gasteiger partial charge in [-0.25, -0.2) is 0 Å². The molecular formula is C9H17NO4. The molecule has 0 aliphatic rings. The van der Waals surface area contributed by atoms with Crippen LogP contribution in [0.1, 0.15) is 6.42 Å². The minimum absolute atomic E-state index is 0.128. The molecule has 0 saturated heterocycles. The van der Waals surface area contributed by atoms with E-state index < -0.39 is 0 Å². The molecule has 0 radical (unpaired) electrons. The molecular weight excluding hydrogens is 186 g/mol.